The summed E-state index contributed by atoms with van der Waals surface area (Å²) >= 11 is 0. The van der Waals surface area contributed by atoms with Gasteiger partial charge >= 0.3 is 5.97 Å². The molecule has 0 unspecified atom stereocenters. The van der Waals surface area contributed by atoms with Crippen LogP contribution in [0.2, 0.25) is 0 Å². The molecule has 0 aliphatic rings. The number of esters is 1. The molecule has 0 amide bonds. The van der Waals surface area contributed by atoms with Crippen LogP contribution in [-0.4, -0.2) is 30.2 Å². The van der Waals surface area contributed by atoms with Crippen molar-refractivity contribution in [2.45, 2.75) is 19.4 Å². The summed E-state index contributed by atoms with van der Waals surface area (Å²) in [5.41, 5.74) is 0.874. The fraction of sp³-hybridized carbons (Fsp3) is 0.364. The molecule has 0 saturated heterocycles. The highest BCUT2D eigenvalue weighted by Gasteiger charge is 2.07. The molecule has 0 aliphatic carbocycles. The maximum absolute atomic E-state index is 10.9. The highest BCUT2D eigenvalue weighted by molar-refractivity contribution is 5.79. The topological polar surface area (TPSA) is 65.4 Å². The first-order valence-corrected chi connectivity index (χ1v) is 4.89. The van der Waals surface area contributed by atoms with E-state index in [1.54, 1.807) is 16.7 Å². The van der Waals surface area contributed by atoms with Crippen LogP contribution < -0.4 is 0 Å². The van der Waals surface area contributed by atoms with Gasteiger partial charge in [-0.15, -0.1) is 0 Å². The average Bonchev–Trinajstić information content (AvgIpc) is 2.71. The lowest BCUT2D eigenvalue weighted by molar-refractivity contribution is -0.140. The number of carbonyl (C=O) groups excluding carboxylic acids is 3. The van der Waals surface area contributed by atoms with Crippen LogP contribution in [0.5, 0.6) is 0 Å². The summed E-state index contributed by atoms with van der Waals surface area (Å²) in [7, 11) is 1.33. The van der Waals surface area contributed by atoms with Gasteiger partial charge in [0.05, 0.1) is 18.5 Å². The zero-order valence-electron chi connectivity index (χ0n) is 9.01. The lowest BCUT2D eigenvalue weighted by atomic mass is 10.3. The van der Waals surface area contributed by atoms with E-state index in [1.165, 1.54) is 7.11 Å². The molecule has 0 aliphatic heterocycles. The first-order valence-electron chi connectivity index (χ1n) is 4.89. The molecule has 16 heavy (non-hydrogen) atoms. The average molecular weight is 223 g/mol. The molecule has 1 heterocycles. The highest BCUT2D eigenvalue weighted by Crippen LogP contribution is 2.08. The van der Waals surface area contributed by atoms with E-state index in [2.05, 4.69) is 4.74 Å². The predicted octanol–water partition coefficient (Wildman–Crippen LogP) is 1.07. The molecule has 0 radical (unpaired) electrons. The van der Waals surface area contributed by atoms with E-state index < -0.39 is 0 Å². The summed E-state index contributed by atoms with van der Waals surface area (Å²) in [5.74, 6) is -0.299. The predicted molar refractivity (Wildman–Crippen MR) is 56.5 cm³/mol. The van der Waals surface area contributed by atoms with Gasteiger partial charge in [-0.2, -0.15) is 0 Å². The third-order valence-electron chi connectivity index (χ3n) is 2.28. The minimum atomic E-state index is -0.299. The number of carbonyl (C=O) groups is 3. The third kappa shape index (κ3) is 2.79. The lowest BCUT2D eigenvalue weighted by Crippen LogP contribution is -2.08. The summed E-state index contributed by atoms with van der Waals surface area (Å²) in [6, 6.07) is 3.16. The summed E-state index contributed by atoms with van der Waals surface area (Å²) in [4.78, 5) is 32.2. The zero-order chi connectivity index (χ0) is 12.0. The van der Waals surface area contributed by atoms with Gasteiger partial charge in [-0.05, 0) is 18.6 Å². The van der Waals surface area contributed by atoms with Crippen molar-refractivity contribution in [3.05, 3.63) is 23.5 Å². The Morgan fingerprint density at radius 2 is 1.88 bits per heavy atom. The van der Waals surface area contributed by atoms with Crippen molar-refractivity contribution in [3.8, 4) is 0 Å². The van der Waals surface area contributed by atoms with Crippen molar-refractivity contribution in [2.75, 3.05) is 7.11 Å². The van der Waals surface area contributed by atoms with Crippen molar-refractivity contribution in [1.29, 1.82) is 0 Å². The van der Waals surface area contributed by atoms with E-state index in [0.29, 0.717) is 36.9 Å². The molecule has 5 heteroatoms. The van der Waals surface area contributed by atoms with Crippen LogP contribution in [0.15, 0.2) is 12.1 Å². The first kappa shape index (κ1) is 12.2. The highest BCUT2D eigenvalue weighted by atomic mass is 16.5. The van der Waals surface area contributed by atoms with Gasteiger partial charge in [0.2, 0.25) is 0 Å². The monoisotopic (exact) mass is 223 g/mol. The molecule has 1 aromatic heterocycles. The molecule has 0 atom stereocenters. The van der Waals surface area contributed by atoms with Crippen LogP contribution in [0.25, 0.3) is 0 Å². The Morgan fingerprint density at radius 3 is 2.31 bits per heavy atom. The molecule has 0 fully saturated rings. The molecule has 0 aromatic carbocycles. The minimum absolute atomic E-state index is 0.269. The van der Waals surface area contributed by atoms with Gasteiger partial charge in [0.1, 0.15) is 0 Å². The number of nitrogens with zero attached hydrogens (tertiary/aromatic N) is 1. The number of hydrogen-bond donors (Lipinski definition) is 0. The van der Waals surface area contributed by atoms with Gasteiger partial charge in [0.15, 0.2) is 12.6 Å². The van der Waals surface area contributed by atoms with E-state index in [1.807, 2.05) is 0 Å². The Labute approximate surface area is 93.0 Å². The van der Waals surface area contributed by atoms with Crippen LogP contribution in [0.1, 0.15) is 33.8 Å². The van der Waals surface area contributed by atoms with Gasteiger partial charge in [-0.25, -0.2) is 0 Å². The van der Waals surface area contributed by atoms with E-state index >= 15 is 0 Å². The largest absolute Gasteiger partial charge is 0.469 e. The van der Waals surface area contributed by atoms with Crippen molar-refractivity contribution in [1.82, 2.24) is 4.57 Å². The third-order valence-corrected chi connectivity index (χ3v) is 2.28. The fourth-order valence-corrected chi connectivity index (χ4v) is 1.45. The molecule has 0 spiro atoms. The van der Waals surface area contributed by atoms with E-state index in [0.717, 1.165) is 0 Å². The Morgan fingerprint density at radius 1 is 1.31 bits per heavy atom. The molecule has 1 rings (SSSR count). The van der Waals surface area contributed by atoms with Gasteiger partial charge in [-0.1, -0.05) is 0 Å². The molecule has 1 aromatic rings. The normalized spacial score (nSPS) is 9.81. The van der Waals surface area contributed by atoms with Gasteiger partial charge in [0, 0.05) is 13.0 Å². The minimum Gasteiger partial charge on any atom is -0.469 e. The second-order valence-electron chi connectivity index (χ2n) is 3.25. The van der Waals surface area contributed by atoms with Gasteiger partial charge in [0.25, 0.3) is 0 Å². The molecule has 0 saturated carbocycles. The van der Waals surface area contributed by atoms with Gasteiger partial charge < -0.3 is 9.30 Å². The number of hydrogen-bond acceptors (Lipinski definition) is 4. The number of ether oxygens (including phenoxy) is 1. The standard InChI is InChI=1S/C11H13NO4/c1-16-11(15)3-2-6-12-9(7-13)4-5-10(12)8-14/h4-5,7-8H,2-3,6H2,1H3. The summed E-state index contributed by atoms with van der Waals surface area (Å²) in [5, 5.41) is 0. The van der Waals surface area contributed by atoms with Crippen LogP contribution in [0, 0.1) is 0 Å². The molecule has 86 valence electrons. The smallest absolute Gasteiger partial charge is 0.305 e. The van der Waals surface area contributed by atoms with Crippen molar-refractivity contribution in [2.24, 2.45) is 0 Å². The van der Waals surface area contributed by atoms with E-state index in [4.69, 9.17) is 0 Å². The van der Waals surface area contributed by atoms with Crippen molar-refractivity contribution >= 4 is 18.5 Å². The number of aldehydes is 2. The van der Waals surface area contributed by atoms with E-state index in [-0.39, 0.29) is 12.4 Å². The van der Waals surface area contributed by atoms with Crippen LogP contribution in [0.4, 0.5) is 0 Å². The van der Waals surface area contributed by atoms with Crippen LogP contribution in [-0.2, 0) is 16.1 Å². The lowest BCUT2D eigenvalue weighted by Gasteiger charge is -2.06. The fourth-order valence-electron chi connectivity index (χ4n) is 1.45. The molecular formula is C11H13NO4. The summed E-state index contributed by atoms with van der Waals surface area (Å²) in [6.07, 6.45) is 2.17. The quantitative estimate of drug-likeness (QED) is 0.534. The Balaban J connectivity index is 2.64. The molecule has 5 nitrogen and oxygen atoms in total. The Bertz CT molecular complexity index is 369. The maximum Gasteiger partial charge on any atom is 0.305 e. The van der Waals surface area contributed by atoms with Crippen LogP contribution >= 0.6 is 0 Å². The molecule has 0 N–H and O–H groups in total. The van der Waals surface area contributed by atoms with Crippen LogP contribution in [0.3, 0.4) is 0 Å². The second-order valence-corrected chi connectivity index (χ2v) is 3.25. The number of methoxy groups -OCH3 is 1. The number of rotatable bonds is 6. The Hall–Kier alpha value is -1.91. The number of aromatic nitrogens is 1. The maximum atomic E-state index is 10.9. The summed E-state index contributed by atoms with van der Waals surface area (Å²) < 4.78 is 6.08. The SMILES string of the molecule is COC(=O)CCCn1c(C=O)ccc1C=O. The first-order chi connectivity index (χ1) is 7.72. The van der Waals surface area contributed by atoms with Gasteiger partial charge in [-0.3, -0.25) is 14.4 Å². The van der Waals surface area contributed by atoms with Crippen molar-refractivity contribution < 1.29 is 19.1 Å². The second kappa shape index (κ2) is 5.85. The summed E-state index contributed by atoms with van der Waals surface area (Å²) in [6.45, 7) is 0.449. The zero-order valence-corrected chi connectivity index (χ0v) is 9.01. The Kier molecular flexibility index (Phi) is 4.44. The molecular weight excluding hydrogens is 210 g/mol. The van der Waals surface area contributed by atoms with E-state index in [9.17, 15) is 14.4 Å². The van der Waals surface area contributed by atoms with Crippen molar-refractivity contribution in [3.63, 3.8) is 0 Å². The molecule has 0 bridgehead atoms.